The van der Waals surface area contributed by atoms with Crippen LogP contribution in [0.4, 0.5) is 0 Å². The molecule has 3 rings (SSSR count). The van der Waals surface area contributed by atoms with E-state index in [2.05, 4.69) is 22.8 Å². The van der Waals surface area contributed by atoms with Crippen molar-refractivity contribution in [3.63, 3.8) is 0 Å². The number of hydrogen-bond donors (Lipinski definition) is 3. The lowest BCUT2D eigenvalue weighted by atomic mass is 9.81. The molecule has 3 N–H and O–H groups in total. The minimum Gasteiger partial charge on any atom is -0.385 e. The van der Waals surface area contributed by atoms with Crippen LogP contribution in [0, 0.1) is 0 Å². The van der Waals surface area contributed by atoms with Crippen molar-refractivity contribution >= 4 is 54.0 Å². The second-order valence-electron chi connectivity index (χ2n) is 7.20. The van der Waals surface area contributed by atoms with Crippen LogP contribution in [0.1, 0.15) is 16.8 Å². The summed E-state index contributed by atoms with van der Waals surface area (Å²) in [4.78, 5) is 16.2. The van der Waals surface area contributed by atoms with Crippen LogP contribution in [0.15, 0.2) is 42.5 Å². The number of nitrogens with zero attached hydrogens (tertiary/aromatic N) is 1. The third kappa shape index (κ3) is 5.64. The average Bonchev–Trinajstić information content (AvgIpc) is 2.72. The molecule has 1 saturated heterocycles. The molecule has 0 unspecified atom stereocenters. The van der Waals surface area contributed by atoms with Crippen LogP contribution in [0.5, 0.6) is 0 Å². The average molecular weight is 460 g/mol. The molecule has 8 heteroatoms. The topological polar surface area (TPSA) is 67.6 Å². The Morgan fingerprint density at radius 3 is 2.72 bits per heavy atom. The van der Waals surface area contributed by atoms with Crippen LogP contribution >= 0.6 is 37.4 Å². The number of nitrogens with one attached hydrogen (secondary N) is 1. The Morgan fingerprint density at radius 1 is 1.28 bits per heavy atom. The van der Waals surface area contributed by atoms with Gasteiger partial charge in [-0.25, -0.2) is 0 Å². The van der Waals surface area contributed by atoms with Gasteiger partial charge in [-0.3, -0.25) is 9.69 Å². The van der Waals surface area contributed by atoms with Gasteiger partial charge >= 0.3 is 0 Å². The molecule has 29 heavy (non-hydrogen) atoms. The molecule has 0 aliphatic carbocycles. The third-order valence-corrected chi connectivity index (χ3v) is 5.92. The highest BCUT2D eigenvalue weighted by atomic mass is 35.5. The maximum atomic E-state index is 13.9. The second-order valence-corrected chi connectivity index (χ2v) is 7.56. The molecule has 0 bridgehead atoms. The lowest BCUT2D eigenvalue weighted by Crippen LogP contribution is -2.67. The first-order chi connectivity index (χ1) is 13.1. The summed E-state index contributed by atoms with van der Waals surface area (Å²) in [5.41, 5.74) is 6.30. The fraction of sp³-hybridized carbons (Fsp3) is 0.476. The zero-order valence-electron chi connectivity index (χ0n) is 16.7. The Balaban J connectivity index is 0.00000210. The molecule has 5 nitrogen and oxygen atoms in total. The largest absolute Gasteiger partial charge is 0.385 e. The zero-order valence-corrected chi connectivity index (χ0v) is 19.2. The van der Waals surface area contributed by atoms with Crippen molar-refractivity contribution in [2.75, 3.05) is 45.6 Å². The van der Waals surface area contributed by atoms with Gasteiger partial charge in [0, 0.05) is 57.3 Å². The second kappa shape index (κ2) is 12.1. The first-order valence-electron chi connectivity index (χ1n) is 9.46. The quantitative estimate of drug-likeness (QED) is 0.418. The van der Waals surface area contributed by atoms with Gasteiger partial charge in [0.1, 0.15) is 0 Å². The maximum absolute atomic E-state index is 13.9. The van der Waals surface area contributed by atoms with E-state index in [0.717, 1.165) is 29.4 Å². The summed E-state index contributed by atoms with van der Waals surface area (Å²) in [6.07, 6.45) is 0.623. The van der Waals surface area contributed by atoms with E-state index >= 15 is 0 Å². The summed E-state index contributed by atoms with van der Waals surface area (Å²) in [5.74, 6) is 0.724. The van der Waals surface area contributed by atoms with Gasteiger partial charge in [-0.05, 0) is 17.2 Å². The number of Topliss-reactive ketones (excluding diaryl/α,β-unsaturated/α-hetero) is 1. The fourth-order valence-electron chi connectivity index (χ4n) is 3.97. The lowest BCUT2D eigenvalue weighted by molar-refractivity contribution is 0.0253. The van der Waals surface area contributed by atoms with Crippen molar-refractivity contribution in [2.24, 2.45) is 5.73 Å². The Hall–Kier alpha value is -0.860. The van der Waals surface area contributed by atoms with E-state index in [0.29, 0.717) is 31.9 Å². The van der Waals surface area contributed by atoms with Crippen molar-refractivity contribution in [1.82, 2.24) is 10.2 Å². The van der Waals surface area contributed by atoms with E-state index in [1.807, 2.05) is 42.5 Å². The van der Waals surface area contributed by atoms with E-state index in [9.17, 15) is 4.79 Å². The monoisotopic (exact) mass is 459 g/mol. The van der Waals surface area contributed by atoms with Gasteiger partial charge in [0.15, 0.2) is 5.78 Å². The van der Waals surface area contributed by atoms with Crippen molar-refractivity contribution < 1.29 is 9.53 Å². The van der Waals surface area contributed by atoms with E-state index < -0.39 is 5.54 Å². The molecule has 1 heterocycles. The standard InChI is InChI=1S/C21H29N3O2S.2ClH/c1-26-12-9-21(15-23-10-11-24(21)13-17(22)14-27)20(25)19-8-4-6-16-5-2-3-7-18(16)19;;/h2-8,17,23,27H,9-15,22H2,1H3;2*1H/t17-,21+;;/m1../s1. The van der Waals surface area contributed by atoms with Gasteiger partial charge in [-0.1, -0.05) is 42.5 Å². The van der Waals surface area contributed by atoms with Crippen LogP contribution in [0.3, 0.4) is 0 Å². The molecule has 0 saturated carbocycles. The van der Waals surface area contributed by atoms with Gasteiger partial charge in [0.2, 0.25) is 0 Å². The molecule has 1 aliphatic rings. The number of methoxy groups -OCH3 is 1. The van der Waals surface area contributed by atoms with Gasteiger partial charge in [0.25, 0.3) is 0 Å². The Bertz CT molecular complexity index is 790. The Kier molecular flexibility index (Phi) is 10.9. The lowest BCUT2D eigenvalue weighted by Gasteiger charge is -2.47. The number of rotatable bonds is 8. The van der Waals surface area contributed by atoms with E-state index in [4.69, 9.17) is 10.5 Å². The number of carbonyl (C=O) groups excluding carboxylic acids is 1. The molecule has 0 aromatic heterocycles. The van der Waals surface area contributed by atoms with Gasteiger partial charge in [0.05, 0.1) is 5.54 Å². The number of ketones is 1. The van der Waals surface area contributed by atoms with Gasteiger partial charge in [-0.2, -0.15) is 12.6 Å². The Labute approximate surface area is 191 Å². The number of hydrogen-bond acceptors (Lipinski definition) is 6. The SMILES string of the molecule is COCC[C@@]1(C(=O)c2cccc3ccccc23)CNCCN1C[C@@H](N)CS.Cl.Cl. The van der Waals surface area contributed by atoms with Crippen LogP contribution < -0.4 is 11.1 Å². The molecule has 162 valence electrons. The van der Waals surface area contributed by atoms with Gasteiger partial charge < -0.3 is 15.8 Å². The first kappa shape index (κ1) is 26.2. The summed E-state index contributed by atoms with van der Waals surface area (Å²) in [5, 5.41) is 5.49. The molecule has 2 atom stereocenters. The fourth-order valence-corrected chi connectivity index (χ4v) is 4.09. The van der Waals surface area contributed by atoms with Crippen molar-refractivity contribution in [1.29, 1.82) is 0 Å². The van der Waals surface area contributed by atoms with Gasteiger partial charge in [-0.15, -0.1) is 24.8 Å². The zero-order chi connectivity index (χ0) is 19.3. The molecule has 0 radical (unpaired) electrons. The predicted molar refractivity (Wildman–Crippen MR) is 128 cm³/mol. The predicted octanol–water partition coefficient (Wildman–Crippen LogP) is 2.80. The molecule has 2 aromatic carbocycles. The summed E-state index contributed by atoms with van der Waals surface area (Å²) >= 11 is 4.34. The minimum atomic E-state index is -0.668. The molecule has 2 aromatic rings. The molecule has 0 amide bonds. The number of fused-ring (bicyclic) bond motifs is 1. The molecule has 1 fully saturated rings. The summed E-state index contributed by atoms with van der Waals surface area (Å²) in [6, 6.07) is 13.9. The number of piperazine rings is 1. The van der Waals surface area contributed by atoms with Crippen molar-refractivity contribution in [3.8, 4) is 0 Å². The highest BCUT2D eigenvalue weighted by molar-refractivity contribution is 7.80. The number of ether oxygens (including phenoxy) is 1. The first-order valence-corrected chi connectivity index (χ1v) is 10.1. The van der Waals surface area contributed by atoms with Crippen molar-refractivity contribution in [2.45, 2.75) is 18.0 Å². The van der Waals surface area contributed by atoms with Crippen molar-refractivity contribution in [3.05, 3.63) is 48.0 Å². The number of benzene rings is 2. The Morgan fingerprint density at radius 2 is 2.00 bits per heavy atom. The van der Waals surface area contributed by atoms with E-state index in [-0.39, 0.29) is 36.6 Å². The number of nitrogens with two attached hydrogens (primary N) is 1. The van der Waals surface area contributed by atoms with Crippen LogP contribution in [0.25, 0.3) is 10.8 Å². The number of thiol groups is 1. The summed E-state index contributed by atoms with van der Waals surface area (Å²) < 4.78 is 5.37. The normalized spacial score (nSPS) is 20.5. The summed E-state index contributed by atoms with van der Waals surface area (Å²) in [6.45, 7) is 3.38. The maximum Gasteiger partial charge on any atom is 0.185 e. The smallest absolute Gasteiger partial charge is 0.185 e. The molecule has 1 aliphatic heterocycles. The van der Waals surface area contributed by atoms with E-state index in [1.165, 1.54) is 0 Å². The highest BCUT2D eigenvalue weighted by Crippen LogP contribution is 2.30. The highest BCUT2D eigenvalue weighted by Gasteiger charge is 2.46. The third-order valence-electron chi connectivity index (χ3n) is 5.45. The molecular formula is C21H31Cl2N3O2S. The van der Waals surface area contributed by atoms with Crippen LogP contribution in [0.2, 0.25) is 0 Å². The number of carbonyl (C=O) groups is 1. The minimum absolute atomic E-state index is 0. The van der Waals surface area contributed by atoms with E-state index in [1.54, 1.807) is 7.11 Å². The van der Waals surface area contributed by atoms with Crippen LogP contribution in [-0.4, -0.2) is 67.9 Å². The molecular weight excluding hydrogens is 429 g/mol. The van der Waals surface area contributed by atoms with Crippen LogP contribution in [-0.2, 0) is 4.74 Å². The summed E-state index contributed by atoms with van der Waals surface area (Å²) in [7, 11) is 1.68. The number of halogens is 2. The molecule has 0 spiro atoms.